The van der Waals surface area contributed by atoms with E-state index < -0.39 is 0 Å². The molecule has 3 heterocycles. The van der Waals surface area contributed by atoms with Gasteiger partial charge in [-0.1, -0.05) is 37.5 Å². The third kappa shape index (κ3) is 3.82. The number of thiophene rings is 1. The minimum atomic E-state index is -0.0625. The summed E-state index contributed by atoms with van der Waals surface area (Å²) in [6.07, 6.45) is 8.66. The summed E-state index contributed by atoms with van der Waals surface area (Å²) in [5.41, 5.74) is -0.0625. The van der Waals surface area contributed by atoms with Crippen molar-refractivity contribution in [3.63, 3.8) is 0 Å². The number of aromatic amines is 1. The molecule has 2 aliphatic rings. The number of nitrogens with one attached hydrogen (secondary N) is 1. The Morgan fingerprint density at radius 3 is 2.69 bits per heavy atom. The van der Waals surface area contributed by atoms with Gasteiger partial charge < -0.3 is 9.72 Å². The van der Waals surface area contributed by atoms with Crippen LogP contribution in [0.5, 0.6) is 0 Å². The van der Waals surface area contributed by atoms with E-state index in [0.29, 0.717) is 5.39 Å². The average molecular weight is 372 g/mol. The van der Waals surface area contributed by atoms with Gasteiger partial charge >= 0.3 is 0 Å². The van der Waals surface area contributed by atoms with E-state index in [1.165, 1.54) is 51.5 Å². The topological polar surface area (TPSA) is 58.2 Å². The molecule has 0 atom stereocenters. The van der Waals surface area contributed by atoms with Crippen LogP contribution in [0.2, 0.25) is 0 Å². The van der Waals surface area contributed by atoms with Gasteiger partial charge in [0.25, 0.3) is 5.56 Å². The molecule has 0 bridgehead atoms. The number of nitrogens with zero attached hydrogens (tertiary/aromatic N) is 2. The van der Waals surface area contributed by atoms with E-state index in [0.717, 1.165) is 34.2 Å². The summed E-state index contributed by atoms with van der Waals surface area (Å²) in [4.78, 5) is 21.7. The van der Waals surface area contributed by atoms with Crippen LogP contribution >= 0.6 is 11.3 Å². The Morgan fingerprint density at radius 2 is 1.88 bits per heavy atom. The normalized spacial score (nSPS) is 19.4. The minimum absolute atomic E-state index is 0.0625. The molecule has 5 nitrogen and oxygen atoms in total. The van der Waals surface area contributed by atoms with Crippen LogP contribution in [0.4, 0.5) is 0 Å². The van der Waals surface area contributed by atoms with E-state index >= 15 is 0 Å². The molecule has 0 radical (unpaired) electrons. The lowest BCUT2D eigenvalue weighted by atomic mass is 9.94. The third-order valence-corrected chi connectivity index (χ3v) is 6.40. The van der Waals surface area contributed by atoms with Crippen LogP contribution in [0.25, 0.3) is 20.3 Å². The molecule has 0 spiro atoms. The number of rotatable bonds is 1. The van der Waals surface area contributed by atoms with Crippen molar-refractivity contribution in [1.82, 2.24) is 14.9 Å². The van der Waals surface area contributed by atoms with E-state index in [1.807, 2.05) is 24.3 Å². The zero-order valence-corrected chi connectivity index (χ0v) is 15.8. The zero-order valence-electron chi connectivity index (χ0n) is 14.9. The van der Waals surface area contributed by atoms with E-state index in [1.54, 1.807) is 11.3 Å². The molecule has 1 saturated carbocycles. The molecule has 26 heavy (non-hydrogen) atoms. The first-order valence-corrected chi connectivity index (χ1v) is 10.3. The summed E-state index contributed by atoms with van der Waals surface area (Å²) in [5, 5.41) is 1.69. The SMILES string of the molecule is C1CCC(N2CCOCC2)CC1.O=c1[nH]cnc2sc3ccccc3c12. The zero-order chi connectivity index (χ0) is 17.8. The lowest BCUT2D eigenvalue weighted by Gasteiger charge is -2.36. The van der Waals surface area contributed by atoms with Gasteiger partial charge in [-0.2, -0.15) is 0 Å². The maximum atomic E-state index is 11.6. The largest absolute Gasteiger partial charge is 0.379 e. The van der Waals surface area contributed by atoms with Gasteiger partial charge in [0.2, 0.25) is 0 Å². The van der Waals surface area contributed by atoms with E-state index in [9.17, 15) is 4.79 Å². The molecule has 5 rings (SSSR count). The minimum Gasteiger partial charge on any atom is -0.379 e. The third-order valence-electron chi connectivity index (χ3n) is 5.32. The van der Waals surface area contributed by atoms with Gasteiger partial charge in [-0.15, -0.1) is 11.3 Å². The Hall–Kier alpha value is -1.76. The second-order valence-corrected chi connectivity index (χ2v) is 7.98. The average Bonchev–Trinajstić information content (AvgIpc) is 3.10. The Bertz CT molecular complexity index is 892. The van der Waals surface area contributed by atoms with Crippen molar-refractivity contribution in [3.8, 4) is 0 Å². The highest BCUT2D eigenvalue weighted by atomic mass is 32.1. The Kier molecular flexibility index (Phi) is 5.62. The molecule has 1 N–H and O–H groups in total. The summed E-state index contributed by atoms with van der Waals surface area (Å²) in [6, 6.07) is 8.74. The van der Waals surface area contributed by atoms with Crippen molar-refractivity contribution in [1.29, 1.82) is 0 Å². The summed E-state index contributed by atoms with van der Waals surface area (Å²) in [7, 11) is 0. The molecule has 6 heteroatoms. The van der Waals surface area contributed by atoms with Gasteiger partial charge in [-0.05, 0) is 18.9 Å². The molecule has 0 unspecified atom stereocenters. The smallest absolute Gasteiger partial charge is 0.260 e. The van der Waals surface area contributed by atoms with Crippen molar-refractivity contribution < 1.29 is 4.74 Å². The highest BCUT2D eigenvalue weighted by Crippen LogP contribution is 2.29. The molecule has 138 valence electrons. The molecule has 2 aromatic heterocycles. The fourth-order valence-electron chi connectivity index (χ4n) is 3.95. The van der Waals surface area contributed by atoms with Gasteiger partial charge in [0, 0.05) is 29.2 Å². The van der Waals surface area contributed by atoms with E-state index in [2.05, 4.69) is 14.9 Å². The number of fused-ring (bicyclic) bond motifs is 3. The number of H-pyrrole nitrogens is 1. The van der Waals surface area contributed by atoms with E-state index in [-0.39, 0.29) is 5.56 Å². The van der Waals surface area contributed by atoms with Gasteiger partial charge in [-0.3, -0.25) is 9.69 Å². The fourth-order valence-corrected chi connectivity index (χ4v) is 5.00. The monoisotopic (exact) mass is 371 g/mol. The maximum absolute atomic E-state index is 11.6. The summed E-state index contributed by atoms with van der Waals surface area (Å²) >= 11 is 1.54. The molecular weight excluding hydrogens is 346 g/mol. The summed E-state index contributed by atoms with van der Waals surface area (Å²) in [6.45, 7) is 4.25. The first-order chi connectivity index (χ1) is 12.8. The van der Waals surface area contributed by atoms with Crippen LogP contribution in [-0.2, 0) is 4.74 Å². The summed E-state index contributed by atoms with van der Waals surface area (Å²) < 4.78 is 6.45. The Morgan fingerprint density at radius 1 is 1.12 bits per heavy atom. The van der Waals surface area contributed by atoms with Crippen LogP contribution in [0.3, 0.4) is 0 Å². The quantitative estimate of drug-likeness (QED) is 0.707. The standard InChI is InChI=1S/C10H6N2OS.C10H19NO/c13-9-8-6-3-1-2-4-7(6)14-10(8)12-5-11-9;1-2-4-10(5-3-1)11-6-8-12-9-7-11/h1-5H,(H,11,12,13);10H,1-9H2. The number of hydrogen-bond donors (Lipinski definition) is 1. The van der Waals surface area contributed by atoms with Gasteiger partial charge in [0.1, 0.15) is 4.83 Å². The first kappa shape index (κ1) is 17.6. The Balaban J connectivity index is 0.000000131. The van der Waals surface area contributed by atoms with Crippen LogP contribution in [0.15, 0.2) is 35.4 Å². The number of morpholine rings is 1. The van der Waals surface area contributed by atoms with Crippen molar-refractivity contribution in [2.24, 2.45) is 0 Å². The van der Waals surface area contributed by atoms with E-state index in [4.69, 9.17) is 4.74 Å². The number of ether oxygens (including phenoxy) is 1. The highest BCUT2D eigenvalue weighted by Gasteiger charge is 2.22. The number of aromatic nitrogens is 2. The predicted molar refractivity (Wildman–Crippen MR) is 107 cm³/mol. The lowest BCUT2D eigenvalue weighted by molar-refractivity contribution is 0.00858. The van der Waals surface area contributed by atoms with Gasteiger partial charge in [0.05, 0.1) is 24.9 Å². The molecule has 3 aromatic rings. The van der Waals surface area contributed by atoms with Gasteiger partial charge in [-0.25, -0.2) is 4.98 Å². The van der Waals surface area contributed by atoms with Crippen molar-refractivity contribution in [2.75, 3.05) is 26.3 Å². The predicted octanol–water partition coefficient (Wildman–Crippen LogP) is 3.79. The maximum Gasteiger partial charge on any atom is 0.260 e. The highest BCUT2D eigenvalue weighted by molar-refractivity contribution is 7.25. The van der Waals surface area contributed by atoms with Gasteiger partial charge in [0.15, 0.2) is 0 Å². The van der Waals surface area contributed by atoms with Crippen LogP contribution < -0.4 is 5.56 Å². The molecule has 1 saturated heterocycles. The molecule has 2 fully saturated rings. The summed E-state index contributed by atoms with van der Waals surface area (Å²) in [5.74, 6) is 0. The molecule has 1 aliphatic carbocycles. The fraction of sp³-hybridized carbons (Fsp3) is 0.500. The van der Waals surface area contributed by atoms with Crippen molar-refractivity contribution in [3.05, 3.63) is 40.9 Å². The number of hydrogen-bond acceptors (Lipinski definition) is 5. The van der Waals surface area contributed by atoms with Crippen LogP contribution in [-0.4, -0.2) is 47.2 Å². The second-order valence-electron chi connectivity index (χ2n) is 6.95. The van der Waals surface area contributed by atoms with Crippen molar-refractivity contribution in [2.45, 2.75) is 38.1 Å². The lowest BCUT2D eigenvalue weighted by Crippen LogP contribution is -2.44. The first-order valence-electron chi connectivity index (χ1n) is 9.49. The van der Waals surface area contributed by atoms with Crippen LogP contribution in [0.1, 0.15) is 32.1 Å². The number of benzene rings is 1. The molecule has 0 amide bonds. The molecule has 1 aromatic carbocycles. The Labute approximate surface area is 157 Å². The van der Waals surface area contributed by atoms with Crippen molar-refractivity contribution >= 4 is 31.6 Å². The molecule has 1 aliphatic heterocycles. The molecular formula is C20H25N3O2S. The van der Waals surface area contributed by atoms with Crippen LogP contribution in [0, 0.1) is 0 Å². The second kappa shape index (κ2) is 8.29.